The lowest BCUT2D eigenvalue weighted by Gasteiger charge is -2.24. The first-order chi connectivity index (χ1) is 10.7. The van der Waals surface area contributed by atoms with Crippen molar-refractivity contribution in [2.75, 3.05) is 0 Å². The second-order valence-corrected chi connectivity index (χ2v) is 7.46. The van der Waals surface area contributed by atoms with Crippen LogP contribution in [0.4, 0.5) is 0 Å². The molecule has 0 saturated carbocycles. The van der Waals surface area contributed by atoms with Gasteiger partial charge < -0.3 is 10.5 Å². The maximum Gasteiger partial charge on any atom is 0.314 e. The zero-order valence-corrected chi connectivity index (χ0v) is 14.7. The highest BCUT2D eigenvalue weighted by Crippen LogP contribution is 2.31. The van der Waals surface area contributed by atoms with Crippen LogP contribution in [0.15, 0.2) is 17.5 Å². The summed E-state index contributed by atoms with van der Waals surface area (Å²) in [5, 5.41) is 2.95. The Kier molecular flexibility index (Phi) is 5.04. The van der Waals surface area contributed by atoms with Crippen LogP contribution in [-0.4, -0.2) is 22.5 Å². The molecule has 0 fully saturated rings. The number of nitrogens with two attached hydrogens (primary N) is 1. The Morgan fingerprint density at radius 1 is 1.39 bits per heavy atom. The van der Waals surface area contributed by atoms with Crippen LogP contribution in [0.1, 0.15) is 50.8 Å². The molecule has 2 aromatic rings. The number of primary amides is 1. The van der Waals surface area contributed by atoms with Gasteiger partial charge in [0, 0.05) is 17.5 Å². The molecular formula is C17H22N2O3S. The molecule has 0 bridgehead atoms. The third kappa shape index (κ3) is 4.51. The van der Waals surface area contributed by atoms with Crippen molar-refractivity contribution in [3.05, 3.63) is 28.8 Å². The normalized spacial score (nSPS) is 13.0. The first-order valence-corrected chi connectivity index (χ1v) is 8.41. The van der Waals surface area contributed by atoms with E-state index < -0.39 is 17.4 Å². The molecule has 0 radical (unpaired) electrons. The van der Waals surface area contributed by atoms with E-state index in [9.17, 15) is 9.59 Å². The molecule has 0 aliphatic heterocycles. The zero-order valence-electron chi connectivity index (χ0n) is 13.9. The predicted octanol–water partition coefficient (Wildman–Crippen LogP) is 3.30. The Balaban J connectivity index is 2.39. The van der Waals surface area contributed by atoms with Gasteiger partial charge in [0.25, 0.3) is 0 Å². The van der Waals surface area contributed by atoms with Crippen molar-refractivity contribution in [2.24, 2.45) is 5.73 Å². The van der Waals surface area contributed by atoms with E-state index in [1.165, 1.54) is 0 Å². The maximum absolute atomic E-state index is 12.6. The average molecular weight is 334 g/mol. The molecule has 1 atom stereocenters. The van der Waals surface area contributed by atoms with E-state index in [1.807, 2.05) is 45.2 Å². The van der Waals surface area contributed by atoms with Crippen LogP contribution >= 0.6 is 11.3 Å². The summed E-state index contributed by atoms with van der Waals surface area (Å²) >= 11 is 1.56. The van der Waals surface area contributed by atoms with Crippen molar-refractivity contribution in [3.63, 3.8) is 0 Å². The number of nitrogens with zero attached hydrogens (tertiary/aromatic N) is 1. The Morgan fingerprint density at radius 3 is 2.70 bits per heavy atom. The molecule has 0 aliphatic rings. The number of amides is 1. The topological polar surface area (TPSA) is 82.3 Å². The van der Waals surface area contributed by atoms with Crippen LogP contribution in [0, 0.1) is 6.92 Å². The SMILES string of the molecule is Cc1nc2sccc2cc1C(CCC(N)=O)C(=O)OC(C)(C)C. The number of aryl methyl sites for hydroxylation is 1. The second kappa shape index (κ2) is 6.66. The lowest BCUT2D eigenvalue weighted by Crippen LogP contribution is -2.29. The van der Waals surface area contributed by atoms with E-state index >= 15 is 0 Å². The molecule has 124 valence electrons. The molecule has 23 heavy (non-hydrogen) atoms. The van der Waals surface area contributed by atoms with Gasteiger partial charge in [-0.05, 0) is 57.2 Å². The van der Waals surface area contributed by atoms with Crippen molar-refractivity contribution in [1.29, 1.82) is 0 Å². The highest BCUT2D eigenvalue weighted by Gasteiger charge is 2.28. The van der Waals surface area contributed by atoms with Gasteiger partial charge in [0.05, 0.1) is 5.92 Å². The number of hydrogen-bond donors (Lipinski definition) is 1. The van der Waals surface area contributed by atoms with Crippen LogP contribution in [-0.2, 0) is 14.3 Å². The lowest BCUT2D eigenvalue weighted by atomic mass is 9.92. The van der Waals surface area contributed by atoms with Crippen LogP contribution in [0.25, 0.3) is 10.2 Å². The fourth-order valence-corrected chi connectivity index (χ4v) is 3.21. The Morgan fingerprint density at radius 2 is 2.09 bits per heavy atom. The number of aromatic nitrogens is 1. The van der Waals surface area contributed by atoms with Gasteiger partial charge in [0.15, 0.2) is 0 Å². The fourth-order valence-electron chi connectivity index (χ4n) is 2.41. The average Bonchev–Trinajstić information content (AvgIpc) is 2.83. The van der Waals surface area contributed by atoms with Gasteiger partial charge in [-0.3, -0.25) is 9.59 Å². The second-order valence-electron chi connectivity index (χ2n) is 6.57. The number of fused-ring (bicyclic) bond motifs is 1. The molecule has 0 aromatic carbocycles. The van der Waals surface area contributed by atoms with Crippen molar-refractivity contribution < 1.29 is 14.3 Å². The smallest absolute Gasteiger partial charge is 0.314 e. The Labute approximate surface area is 139 Å². The molecule has 6 heteroatoms. The first-order valence-electron chi connectivity index (χ1n) is 7.53. The number of esters is 1. The molecule has 5 nitrogen and oxygen atoms in total. The molecule has 0 saturated heterocycles. The highest BCUT2D eigenvalue weighted by atomic mass is 32.1. The van der Waals surface area contributed by atoms with Gasteiger partial charge in [-0.2, -0.15) is 0 Å². The van der Waals surface area contributed by atoms with Gasteiger partial charge in [0.1, 0.15) is 10.4 Å². The number of carbonyl (C=O) groups is 2. The third-order valence-electron chi connectivity index (χ3n) is 3.42. The summed E-state index contributed by atoms with van der Waals surface area (Å²) < 4.78 is 5.52. The van der Waals surface area contributed by atoms with E-state index in [1.54, 1.807) is 11.3 Å². The van der Waals surface area contributed by atoms with E-state index in [2.05, 4.69) is 4.98 Å². The minimum Gasteiger partial charge on any atom is -0.459 e. The minimum atomic E-state index is -0.587. The molecule has 2 heterocycles. The van der Waals surface area contributed by atoms with Gasteiger partial charge in [-0.15, -0.1) is 11.3 Å². The van der Waals surface area contributed by atoms with E-state index in [4.69, 9.17) is 10.5 Å². The number of carbonyl (C=O) groups excluding carboxylic acids is 2. The van der Waals surface area contributed by atoms with E-state index in [-0.39, 0.29) is 12.4 Å². The van der Waals surface area contributed by atoms with Crippen molar-refractivity contribution in [1.82, 2.24) is 4.98 Å². The van der Waals surface area contributed by atoms with Crippen molar-refractivity contribution >= 4 is 33.4 Å². The summed E-state index contributed by atoms with van der Waals surface area (Å²) in [6, 6.07) is 3.93. The van der Waals surface area contributed by atoms with E-state index in [0.717, 1.165) is 21.5 Å². The Hall–Kier alpha value is -1.95. The van der Waals surface area contributed by atoms with E-state index in [0.29, 0.717) is 6.42 Å². The number of ether oxygens (including phenoxy) is 1. The zero-order chi connectivity index (χ0) is 17.2. The largest absolute Gasteiger partial charge is 0.459 e. The van der Waals surface area contributed by atoms with Crippen LogP contribution < -0.4 is 5.73 Å². The van der Waals surface area contributed by atoms with Gasteiger partial charge in [0.2, 0.25) is 5.91 Å². The number of thiophene rings is 1. The van der Waals surface area contributed by atoms with Crippen LogP contribution in [0.5, 0.6) is 0 Å². The highest BCUT2D eigenvalue weighted by molar-refractivity contribution is 7.16. The van der Waals surface area contributed by atoms with Crippen LogP contribution in [0.2, 0.25) is 0 Å². The van der Waals surface area contributed by atoms with Gasteiger partial charge in [-0.25, -0.2) is 4.98 Å². The number of rotatable bonds is 5. The third-order valence-corrected chi connectivity index (χ3v) is 4.24. The predicted molar refractivity (Wildman–Crippen MR) is 91.4 cm³/mol. The molecule has 0 aliphatic carbocycles. The van der Waals surface area contributed by atoms with Gasteiger partial charge in [-0.1, -0.05) is 0 Å². The molecule has 2 N–H and O–H groups in total. The fraction of sp³-hybridized carbons (Fsp3) is 0.471. The summed E-state index contributed by atoms with van der Waals surface area (Å²) in [5.74, 6) is -1.32. The summed E-state index contributed by atoms with van der Waals surface area (Å²) in [7, 11) is 0. The maximum atomic E-state index is 12.6. The Bertz CT molecular complexity index is 731. The standard InChI is InChI=1S/C17H22N2O3S/c1-10-13(9-11-7-8-23-15(11)19-10)12(5-6-14(18)20)16(21)22-17(2,3)4/h7-9,12H,5-6H2,1-4H3,(H2,18,20). The number of hydrogen-bond acceptors (Lipinski definition) is 5. The summed E-state index contributed by atoms with van der Waals surface area (Å²) in [6.45, 7) is 7.34. The van der Waals surface area contributed by atoms with Gasteiger partial charge >= 0.3 is 5.97 Å². The first kappa shape index (κ1) is 17.4. The summed E-state index contributed by atoms with van der Waals surface area (Å²) in [5.41, 5.74) is 6.24. The summed E-state index contributed by atoms with van der Waals surface area (Å²) in [6.07, 6.45) is 0.452. The molecule has 1 unspecified atom stereocenters. The molecule has 2 rings (SSSR count). The molecule has 0 spiro atoms. The quantitative estimate of drug-likeness (QED) is 0.851. The number of pyridine rings is 1. The molecular weight excluding hydrogens is 312 g/mol. The lowest BCUT2D eigenvalue weighted by molar-refractivity contribution is -0.157. The summed E-state index contributed by atoms with van der Waals surface area (Å²) in [4.78, 5) is 29.2. The molecule has 2 aromatic heterocycles. The van der Waals surface area contributed by atoms with Crippen molar-refractivity contribution in [2.45, 2.75) is 52.1 Å². The minimum absolute atomic E-state index is 0.130. The monoisotopic (exact) mass is 334 g/mol. The van der Waals surface area contributed by atoms with Crippen molar-refractivity contribution in [3.8, 4) is 0 Å². The molecule has 1 amide bonds. The van der Waals surface area contributed by atoms with Crippen LogP contribution in [0.3, 0.4) is 0 Å².